The molecule has 1 amide bonds. The first-order chi connectivity index (χ1) is 13.7. The lowest BCUT2D eigenvalue weighted by Gasteiger charge is -2.15. The minimum atomic E-state index is -0.0651. The molecule has 2 aliphatic heterocycles. The molecule has 0 bridgehead atoms. The number of nitrogens with one attached hydrogen (secondary N) is 3. The molecule has 3 rings (SSSR count). The van der Waals surface area contributed by atoms with Crippen molar-refractivity contribution in [3.05, 3.63) is 35.4 Å². The third-order valence-electron chi connectivity index (χ3n) is 4.99. The summed E-state index contributed by atoms with van der Waals surface area (Å²) >= 11 is 0. The van der Waals surface area contributed by atoms with Gasteiger partial charge in [-0.25, -0.2) is 4.99 Å². The molecule has 0 aliphatic carbocycles. The Labute approximate surface area is 190 Å². The van der Waals surface area contributed by atoms with Crippen LogP contribution in [0.3, 0.4) is 0 Å². The largest absolute Gasteiger partial charge is 0.376 e. The lowest BCUT2D eigenvalue weighted by molar-refractivity contribution is 0.0857. The zero-order valence-corrected chi connectivity index (χ0v) is 19.4. The van der Waals surface area contributed by atoms with Crippen LogP contribution in [0.2, 0.25) is 0 Å². The van der Waals surface area contributed by atoms with Crippen molar-refractivity contribution in [1.82, 2.24) is 16.0 Å². The van der Waals surface area contributed by atoms with Crippen LogP contribution in [-0.4, -0.2) is 56.9 Å². The Hall–Kier alpha value is -1.39. The molecule has 0 aromatic heterocycles. The van der Waals surface area contributed by atoms with Crippen molar-refractivity contribution in [3.8, 4) is 0 Å². The van der Waals surface area contributed by atoms with E-state index in [-0.39, 0.29) is 42.1 Å². The van der Waals surface area contributed by atoms with E-state index in [0.29, 0.717) is 18.7 Å². The highest BCUT2D eigenvalue weighted by Crippen LogP contribution is 2.12. The Balaban J connectivity index is 0.00000300. The van der Waals surface area contributed by atoms with Crippen molar-refractivity contribution in [3.63, 3.8) is 0 Å². The van der Waals surface area contributed by atoms with Gasteiger partial charge in [-0.05, 0) is 50.3 Å². The van der Waals surface area contributed by atoms with Crippen LogP contribution in [0, 0.1) is 0 Å². The summed E-state index contributed by atoms with van der Waals surface area (Å²) in [4.78, 5) is 17.0. The summed E-state index contributed by atoms with van der Waals surface area (Å²) in [6, 6.07) is 7.62. The van der Waals surface area contributed by atoms with Gasteiger partial charge in [0.1, 0.15) is 0 Å². The van der Waals surface area contributed by atoms with Gasteiger partial charge in [0.05, 0.1) is 18.8 Å². The first-order valence-electron chi connectivity index (χ1n) is 10.4. The summed E-state index contributed by atoms with van der Waals surface area (Å²) in [7, 11) is 0. The fraction of sp³-hybridized carbons (Fsp3) is 0.619. The number of hydrogen-bond acceptors (Lipinski definition) is 4. The van der Waals surface area contributed by atoms with Crippen molar-refractivity contribution in [2.45, 2.75) is 51.4 Å². The summed E-state index contributed by atoms with van der Waals surface area (Å²) < 4.78 is 11.2. The standard InChI is InChI=1S/C21H32N4O3.HI/c1-2-22-21(25-15-19-9-5-11-28-19)24-13-16-6-3-7-17(12-16)20(26)23-14-18-8-4-10-27-18;/h3,6-7,12,18-19H,2,4-5,8-11,13-15H2,1H3,(H,23,26)(H2,22,24,25);1H. The molecule has 2 fully saturated rings. The summed E-state index contributed by atoms with van der Waals surface area (Å²) in [6.07, 6.45) is 4.72. The first kappa shape index (κ1) is 23.9. The Bertz CT molecular complexity index is 659. The molecular formula is C21H33IN4O3. The van der Waals surface area contributed by atoms with E-state index in [0.717, 1.165) is 63.5 Å². The van der Waals surface area contributed by atoms with Gasteiger partial charge in [0.2, 0.25) is 0 Å². The van der Waals surface area contributed by atoms with Crippen LogP contribution in [0.25, 0.3) is 0 Å². The number of ether oxygens (including phenoxy) is 2. The van der Waals surface area contributed by atoms with Gasteiger partial charge < -0.3 is 25.4 Å². The molecule has 1 aromatic rings. The average molecular weight is 516 g/mol. The van der Waals surface area contributed by atoms with E-state index in [4.69, 9.17) is 9.47 Å². The molecule has 1 aromatic carbocycles. The molecule has 2 aliphatic rings. The van der Waals surface area contributed by atoms with E-state index in [1.165, 1.54) is 0 Å². The van der Waals surface area contributed by atoms with E-state index in [2.05, 4.69) is 20.9 Å². The van der Waals surface area contributed by atoms with Crippen molar-refractivity contribution >= 4 is 35.8 Å². The smallest absolute Gasteiger partial charge is 0.251 e. The molecule has 8 heteroatoms. The van der Waals surface area contributed by atoms with Crippen LogP contribution in [0.4, 0.5) is 0 Å². The molecule has 2 saturated heterocycles. The fourth-order valence-corrected chi connectivity index (χ4v) is 3.45. The van der Waals surface area contributed by atoms with E-state index in [1.54, 1.807) is 0 Å². The van der Waals surface area contributed by atoms with Gasteiger partial charge in [-0.2, -0.15) is 0 Å². The predicted molar refractivity (Wildman–Crippen MR) is 125 cm³/mol. The quantitative estimate of drug-likeness (QED) is 0.281. The second-order valence-electron chi connectivity index (χ2n) is 7.26. The zero-order valence-electron chi connectivity index (χ0n) is 17.1. The number of carbonyl (C=O) groups is 1. The number of rotatable bonds is 8. The van der Waals surface area contributed by atoms with E-state index >= 15 is 0 Å². The number of hydrogen-bond donors (Lipinski definition) is 3. The van der Waals surface area contributed by atoms with E-state index in [9.17, 15) is 4.79 Å². The topological polar surface area (TPSA) is 84.0 Å². The Morgan fingerprint density at radius 1 is 1.07 bits per heavy atom. The average Bonchev–Trinajstić information content (AvgIpc) is 3.42. The Morgan fingerprint density at radius 3 is 2.38 bits per heavy atom. The molecule has 3 N–H and O–H groups in total. The number of nitrogens with zero attached hydrogens (tertiary/aromatic N) is 1. The van der Waals surface area contributed by atoms with Gasteiger partial charge in [-0.1, -0.05) is 12.1 Å². The van der Waals surface area contributed by atoms with Gasteiger partial charge in [-0.3, -0.25) is 4.79 Å². The van der Waals surface area contributed by atoms with E-state index < -0.39 is 0 Å². The molecule has 0 spiro atoms. The highest BCUT2D eigenvalue weighted by atomic mass is 127. The van der Waals surface area contributed by atoms with Crippen LogP contribution in [0.5, 0.6) is 0 Å². The molecule has 2 unspecified atom stereocenters. The normalized spacial score (nSPS) is 21.5. The van der Waals surface area contributed by atoms with Crippen LogP contribution in [0.1, 0.15) is 48.5 Å². The second-order valence-corrected chi connectivity index (χ2v) is 7.26. The monoisotopic (exact) mass is 516 g/mol. The number of halogens is 1. The summed E-state index contributed by atoms with van der Waals surface area (Å²) in [6.45, 7) is 6.32. The fourth-order valence-electron chi connectivity index (χ4n) is 3.45. The molecule has 162 valence electrons. The minimum absolute atomic E-state index is 0. The van der Waals surface area contributed by atoms with Crippen molar-refractivity contribution in [1.29, 1.82) is 0 Å². The summed E-state index contributed by atoms with van der Waals surface area (Å²) in [5.74, 6) is 0.705. The van der Waals surface area contributed by atoms with E-state index in [1.807, 2.05) is 31.2 Å². The highest BCUT2D eigenvalue weighted by molar-refractivity contribution is 14.0. The van der Waals surface area contributed by atoms with Crippen molar-refractivity contribution in [2.75, 3.05) is 32.8 Å². The number of carbonyl (C=O) groups excluding carboxylic acids is 1. The Kier molecular flexibility index (Phi) is 10.7. The molecule has 2 heterocycles. The molecule has 7 nitrogen and oxygen atoms in total. The molecular weight excluding hydrogens is 483 g/mol. The molecule has 29 heavy (non-hydrogen) atoms. The van der Waals surface area contributed by atoms with Gasteiger partial charge >= 0.3 is 0 Å². The maximum absolute atomic E-state index is 12.4. The number of aliphatic imine (C=N–C) groups is 1. The molecule has 0 saturated carbocycles. The number of amides is 1. The van der Waals surface area contributed by atoms with Crippen LogP contribution < -0.4 is 16.0 Å². The maximum atomic E-state index is 12.4. The second kappa shape index (κ2) is 13.0. The van der Waals surface area contributed by atoms with Crippen molar-refractivity contribution < 1.29 is 14.3 Å². The van der Waals surface area contributed by atoms with Crippen LogP contribution >= 0.6 is 24.0 Å². The van der Waals surface area contributed by atoms with Gasteiger partial charge in [0, 0.05) is 38.4 Å². The summed E-state index contributed by atoms with van der Waals surface area (Å²) in [5.41, 5.74) is 1.65. The highest BCUT2D eigenvalue weighted by Gasteiger charge is 2.17. The first-order valence-corrected chi connectivity index (χ1v) is 10.4. The minimum Gasteiger partial charge on any atom is -0.376 e. The number of guanidine groups is 1. The zero-order chi connectivity index (χ0) is 19.6. The third-order valence-corrected chi connectivity index (χ3v) is 4.99. The van der Waals surface area contributed by atoms with Gasteiger partial charge in [-0.15, -0.1) is 24.0 Å². The maximum Gasteiger partial charge on any atom is 0.251 e. The SMILES string of the molecule is CCNC(=NCc1cccc(C(=O)NCC2CCCO2)c1)NCC1CCCO1.I. The Morgan fingerprint density at radius 2 is 1.76 bits per heavy atom. The van der Waals surface area contributed by atoms with Gasteiger partial charge in [0.25, 0.3) is 5.91 Å². The molecule has 0 radical (unpaired) electrons. The number of benzene rings is 1. The lowest BCUT2D eigenvalue weighted by atomic mass is 10.1. The predicted octanol–water partition coefficient (Wildman–Crippen LogP) is 2.45. The third kappa shape index (κ3) is 8.10. The van der Waals surface area contributed by atoms with Crippen LogP contribution in [-0.2, 0) is 16.0 Å². The van der Waals surface area contributed by atoms with Gasteiger partial charge in [0.15, 0.2) is 5.96 Å². The summed E-state index contributed by atoms with van der Waals surface area (Å²) in [5, 5.41) is 9.56. The van der Waals surface area contributed by atoms with Crippen LogP contribution in [0.15, 0.2) is 29.3 Å². The molecule has 2 atom stereocenters. The van der Waals surface area contributed by atoms with Crippen molar-refractivity contribution in [2.24, 2.45) is 4.99 Å². The lowest BCUT2D eigenvalue weighted by Crippen LogP contribution is -2.41.